The van der Waals surface area contributed by atoms with Crippen molar-refractivity contribution in [2.45, 2.75) is 13.0 Å². The number of rotatable bonds is 3. The van der Waals surface area contributed by atoms with Crippen LogP contribution in [0.25, 0.3) is 0 Å². The maximum atomic E-state index is 12.0. The predicted octanol–water partition coefficient (Wildman–Crippen LogP) is 4.66. The van der Waals surface area contributed by atoms with E-state index in [9.17, 15) is 4.79 Å². The Morgan fingerprint density at radius 3 is 2.61 bits per heavy atom. The minimum atomic E-state index is -0.0700. The summed E-state index contributed by atoms with van der Waals surface area (Å²) >= 11 is 10.7. The number of carbonyl (C=O) groups excluding carboxylic acids is 1. The molecule has 1 atom stereocenters. The topological polar surface area (TPSA) is 29.1 Å². The molecule has 2 nitrogen and oxygen atoms in total. The fourth-order valence-corrected chi connectivity index (χ4v) is 2.81. The molecule has 0 spiro atoms. The molecule has 0 saturated heterocycles. The number of thiophene rings is 1. The van der Waals surface area contributed by atoms with Gasteiger partial charge >= 0.3 is 0 Å². The van der Waals surface area contributed by atoms with E-state index in [0.29, 0.717) is 10.6 Å². The highest BCUT2D eigenvalue weighted by molar-refractivity contribution is 9.11. The van der Waals surface area contributed by atoms with Gasteiger partial charge in [-0.05, 0) is 46.6 Å². The van der Waals surface area contributed by atoms with E-state index in [2.05, 4.69) is 21.2 Å². The number of carbonyl (C=O) groups is 1. The average molecular weight is 345 g/mol. The fraction of sp³-hybridized carbons (Fsp3) is 0.154. The third-order valence-corrected chi connectivity index (χ3v) is 4.30. The molecule has 0 aliphatic carbocycles. The van der Waals surface area contributed by atoms with Gasteiger partial charge in [-0.15, -0.1) is 11.3 Å². The molecule has 5 heteroatoms. The van der Waals surface area contributed by atoms with E-state index in [-0.39, 0.29) is 11.9 Å². The second-order valence-corrected chi connectivity index (χ2v) is 6.61. The normalized spacial score (nSPS) is 12.2. The second kappa shape index (κ2) is 5.87. The van der Waals surface area contributed by atoms with Crippen molar-refractivity contribution in [3.63, 3.8) is 0 Å². The van der Waals surface area contributed by atoms with Crippen molar-refractivity contribution in [3.05, 3.63) is 55.6 Å². The first-order chi connectivity index (χ1) is 8.56. The van der Waals surface area contributed by atoms with Crippen LogP contribution in [0.2, 0.25) is 5.02 Å². The molecule has 1 aromatic heterocycles. The first-order valence-corrected chi connectivity index (χ1v) is 7.41. The molecule has 18 heavy (non-hydrogen) atoms. The Morgan fingerprint density at radius 2 is 2.06 bits per heavy atom. The molecule has 1 amide bonds. The predicted molar refractivity (Wildman–Crippen MR) is 79.4 cm³/mol. The maximum absolute atomic E-state index is 12.0. The number of nitrogens with one attached hydrogen (secondary N) is 1. The van der Waals surface area contributed by atoms with Gasteiger partial charge in [0.2, 0.25) is 0 Å². The molecule has 0 aliphatic heterocycles. The highest BCUT2D eigenvalue weighted by Gasteiger charge is 2.12. The number of amides is 1. The molecule has 2 aromatic rings. The summed E-state index contributed by atoms with van der Waals surface area (Å²) in [6.07, 6.45) is 0. The molecule has 2 rings (SSSR count). The van der Waals surface area contributed by atoms with E-state index in [1.807, 2.05) is 42.6 Å². The van der Waals surface area contributed by atoms with Crippen LogP contribution in [0.15, 0.2) is 39.5 Å². The van der Waals surface area contributed by atoms with Crippen molar-refractivity contribution in [1.82, 2.24) is 5.32 Å². The SMILES string of the molecule is CC(NC(=O)c1csc(Br)c1)c1ccc(Cl)cc1. The quantitative estimate of drug-likeness (QED) is 0.862. The Kier molecular flexibility index (Phi) is 4.43. The highest BCUT2D eigenvalue weighted by atomic mass is 79.9. The summed E-state index contributed by atoms with van der Waals surface area (Å²) in [6.45, 7) is 1.95. The smallest absolute Gasteiger partial charge is 0.252 e. The lowest BCUT2D eigenvalue weighted by Crippen LogP contribution is -2.26. The van der Waals surface area contributed by atoms with E-state index in [0.717, 1.165) is 9.35 Å². The van der Waals surface area contributed by atoms with Crippen LogP contribution in [0.4, 0.5) is 0 Å². The molecular formula is C13H11BrClNOS. The van der Waals surface area contributed by atoms with E-state index in [1.54, 1.807) is 0 Å². The number of benzene rings is 1. The van der Waals surface area contributed by atoms with Crippen molar-refractivity contribution in [1.29, 1.82) is 0 Å². The van der Waals surface area contributed by atoms with E-state index < -0.39 is 0 Å². The molecule has 1 heterocycles. The van der Waals surface area contributed by atoms with Crippen molar-refractivity contribution < 1.29 is 4.79 Å². The maximum Gasteiger partial charge on any atom is 0.252 e. The van der Waals surface area contributed by atoms with Gasteiger partial charge < -0.3 is 5.32 Å². The monoisotopic (exact) mass is 343 g/mol. The van der Waals surface area contributed by atoms with Gasteiger partial charge in [0.25, 0.3) is 5.91 Å². The largest absolute Gasteiger partial charge is 0.345 e. The Morgan fingerprint density at radius 1 is 1.39 bits per heavy atom. The van der Waals surface area contributed by atoms with Crippen molar-refractivity contribution in [2.24, 2.45) is 0 Å². The van der Waals surface area contributed by atoms with Crippen LogP contribution in [0.3, 0.4) is 0 Å². The number of hydrogen-bond acceptors (Lipinski definition) is 2. The standard InChI is InChI=1S/C13H11BrClNOS/c1-8(9-2-4-11(15)5-3-9)16-13(17)10-6-12(14)18-7-10/h2-8H,1H3,(H,16,17). The minimum absolute atomic E-state index is 0.0477. The third-order valence-electron chi connectivity index (χ3n) is 2.55. The van der Waals surface area contributed by atoms with Gasteiger partial charge in [0.05, 0.1) is 15.4 Å². The van der Waals surface area contributed by atoms with Crippen LogP contribution in [0, 0.1) is 0 Å². The Hall–Kier alpha value is -0.840. The lowest BCUT2D eigenvalue weighted by Gasteiger charge is -2.13. The van der Waals surface area contributed by atoms with E-state index in [4.69, 9.17) is 11.6 Å². The second-order valence-electron chi connectivity index (χ2n) is 3.89. The average Bonchev–Trinajstić information content (AvgIpc) is 2.76. The molecule has 0 radical (unpaired) electrons. The number of hydrogen-bond donors (Lipinski definition) is 1. The molecule has 0 bridgehead atoms. The summed E-state index contributed by atoms with van der Waals surface area (Å²) in [5.41, 5.74) is 1.70. The summed E-state index contributed by atoms with van der Waals surface area (Å²) in [5, 5.41) is 5.47. The molecule has 0 saturated carbocycles. The molecule has 1 aromatic carbocycles. The van der Waals surface area contributed by atoms with Gasteiger partial charge in [-0.1, -0.05) is 23.7 Å². The zero-order valence-electron chi connectivity index (χ0n) is 9.61. The first-order valence-electron chi connectivity index (χ1n) is 5.36. The molecular weight excluding hydrogens is 334 g/mol. The van der Waals surface area contributed by atoms with Crippen molar-refractivity contribution >= 4 is 44.8 Å². The molecule has 0 aliphatic rings. The summed E-state index contributed by atoms with van der Waals surface area (Å²) in [7, 11) is 0. The number of halogens is 2. The van der Waals surface area contributed by atoms with E-state index in [1.165, 1.54) is 11.3 Å². The third kappa shape index (κ3) is 3.34. The van der Waals surface area contributed by atoms with Gasteiger partial charge in [-0.3, -0.25) is 4.79 Å². The summed E-state index contributed by atoms with van der Waals surface area (Å²) in [5.74, 6) is -0.0700. The zero-order chi connectivity index (χ0) is 13.1. The molecule has 94 valence electrons. The zero-order valence-corrected chi connectivity index (χ0v) is 12.8. The first kappa shape index (κ1) is 13.6. The van der Waals surface area contributed by atoms with Crippen LogP contribution in [-0.4, -0.2) is 5.91 Å². The van der Waals surface area contributed by atoms with Crippen LogP contribution < -0.4 is 5.32 Å². The van der Waals surface area contributed by atoms with Gasteiger partial charge in [0.1, 0.15) is 0 Å². The molecule has 1 unspecified atom stereocenters. The summed E-state index contributed by atoms with van der Waals surface area (Å²) in [6, 6.07) is 9.23. The highest BCUT2D eigenvalue weighted by Crippen LogP contribution is 2.22. The van der Waals surface area contributed by atoms with Crippen molar-refractivity contribution in [2.75, 3.05) is 0 Å². The van der Waals surface area contributed by atoms with Gasteiger partial charge in [0, 0.05) is 10.4 Å². The van der Waals surface area contributed by atoms with Crippen LogP contribution in [-0.2, 0) is 0 Å². The summed E-state index contributed by atoms with van der Waals surface area (Å²) in [4.78, 5) is 12.0. The van der Waals surface area contributed by atoms with Gasteiger partial charge in [-0.2, -0.15) is 0 Å². The van der Waals surface area contributed by atoms with Crippen molar-refractivity contribution in [3.8, 4) is 0 Å². The van der Waals surface area contributed by atoms with E-state index >= 15 is 0 Å². The lowest BCUT2D eigenvalue weighted by molar-refractivity contribution is 0.0940. The minimum Gasteiger partial charge on any atom is -0.345 e. The van der Waals surface area contributed by atoms with Gasteiger partial charge in [-0.25, -0.2) is 0 Å². The van der Waals surface area contributed by atoms with Crippen LogP contribution in [0.5, 0.6) is 0 Å². The Labute approximate surface area is 123 Å². The Bertz CT molecular complexity index is 552. The fourth-order valence-electron chi connectivity index (χ4n) is 1.54. The lowest BCUT2D eigenvalue weighted by atomic mass is 10.1. The molecule has 1 N–H and O–H groups in total. The summed E-state index contributed by atoms with van der Waals surface area (Å²) < 4.78 is 0.951. The van der Waals surface area contributed by atoms with Gasteiger partial charge in [0.15, 0.2) is 0 Å². The van der Waals surface area contributed by atoms with Crippen LogP contribution in [0.1, 0.15) is 28.9 Å². The molecule has 0 fully saturated rings. The van der Waals surface area contributed by atoms with Crippen LogP contribution >= 0.6 is 38.9 Å². The Balaban J connectivity index is 2.05.